The van der Waals surface area contributed by atoms with Crippen LogP contribution in [0, 0.1) is 13.8 Å². The predicted octanol–water partition coefficient (Wildman–Crippen LogP) is 5.60. The SMILES string of the molecule is Cc1cc(CC(=O)c2cnn(-c3ccc(C(F)(F)F)cc3)c2C)cnc1C1=CCC(N2CCOCC2)CC1. The number of allylic oxidation sites excluding steroid dienone is 1. The fraction of sp³-hybridized carbons (Fsp3) is 0.414. The lowest BCUT2D eigenvalue weighted by Gasteiger charge is -2.36. The molecule has 1 fully saturated rings. The number of ether oxygens (including phenoxy) is 1. The third kappa shape index (κ3) is 5.59. The molecule has 1 aromatic carbocycles. The van der Waals surface area contributed by atoms with Gasteiger partial charge in [0.05, 0.1) is 47.6 Å². The van der Waals surface area contributed by atoms with Crippen LogP contribution in [0.2, 0.25) is 0 Å². The molecule has 1 aliphatic heterocycles. The summed E-state index contributed by atoms with van der Waals surface area (Å²) in [6, 6.07) is 7.31. The van der Waals surface area contributed by atoms with Gasteiger partial charge in [0.1, 0.15) is 0 Å². The first-order valence-corrected chi connectivity index (χ1v) is 12.9. The van der Waals surface area contributed by atoms with Gasteiger partial charge < -0.3 is 4.74 Å². The number of aryl methyl sites for hydroxylation is 1. The second kappa shape index (κ2) is 10.8. The Balaban J connectivity index is 1.25. The van der Waals surface area contributed by atoms with Crippen LogP contribution in [0.4, 0.5) is 13.2 Å². The number of Topliss-reactive ketones (excluding diaryl/α,β-unsaturated/α-hetero) is 1. The Labute approximate surface area is 220 Å². The van der Waals surface area contributed by atoms with E-state index in [4.69, 9.17) is 9.72 Å². The molecule has 200 valence electrons. The zero-order chi connectivity index (χ0) is 26.9. The number of halogens is 3. The molecule has 0 amide bonds. The molecule has 0 N–H and O–H groups in total. The predicted molar refractivity (Wildman–Crippen MR) is 138 cm³/mol. The van der Waals surface area contributed by atoms with Crippen LogP contribution < -0.4 is 0 Å². The van der Waals surface area contributed by atoms with Crippen LogP contribution in [0.3, 0.4) is 0 Å². The van der Waals surface area contributed by atoms with E-state index in [1.807, 2.05) is 13.0 Å². The third-order valence-corrected chi connectivity index (χ3v) is 7.50. The van der Waals surface area contributed by atoms with Gasteiger partial charge in [0, 0.05) is 31.7 Å². The zero-order valence-corrected chi connectivity index (χ0v) is 21.6. The van der Waals surface area contributed by atoms with Crippen molar-refractivity contribution in [3.8, 4) is 5.69 Å². The molecule has 0 bridgehead atoms. The van der Waals surface area contributed by atoms with Gasteiger partial charge in [-0.05, 0) is 74.1 Å². The van der Waals surface area contributed by atoms with Gasteiger partial charge in [0.15, 0.2) is 5.78 Å². The number of carbonyl (C=O) groups excluding carboxylic acids is 1. The smallest absolute Gasteiger partial charge is 0.379 e. The lowest BCUT2D eigenvalue weighted by Crippen LogP contribution is -2.43. The fourth-order valence-corrected chi connectivity index (χ4v) is 5.39. The van der Waals surface area contributed by atoms with Crippen molar-refractivity contribution < 1.29 is 22.7 Å². The standard InChI is InChI=1S/C29H31F3N4O2/c1-19-15-21(17-33-28(19)22-3-7-24(8-4-22)35-11-13-38-14-12-35)16-27(37)26-18-34-36(20(26)2)25-9-5-23(6-10-25)29(30,31)32/h3,5-6,9-10,15,17-18,24H,4,7-8,11-14,16H2,1-2H3. The maximum atomic E-state index is 13.1. The van der Waals surface area contributed by atoms with E-state index in [0.29, 0.717) is 23.0 Å². The highest BCUT2D eigenvalue weighted by Gasteiger charge is 2.30. The Morgan fingerprint density at radius 3 is 2.47 bits per heavy atom. The van der Waals surface area contributed by atoms with Gasteiger partial charge in [-0.15, -0.1) is 0 Å². The van der Waals surface area contributed by atoms with Crippen molar-refractivity contribution in [1.82, 2.24) is 19.7 Å². The molecular weight excluding hydrogens is 493 g/mol. The minimum absolute atomic E-state index is 0.111. The quantitative estimate of drug-likeness (QED) is 0.393. The molecule has 2 aliphatic rings. The minimum atomic E-state index is -4.40. The van der Waals surface area contributed by atoms with Crippen LogP contribution >= 0.6 is 0 Å². The van der Waals surface area contributed by atoms with E-state index in [0.717, 1.165) is 74.5 Å². The summed E-state index contributed by atoms with van der Waals surface area (Å²) in [7, 11) is 0. The van der Waals surface area contributed by atoms with Crippen molar-refractivity contribution in [1.29, 1.82) is 0 Å². The van der Waals surface area contributed by atoms with Gasteiger partial charge >= 0.3 is 6.18 Å². The number of ketones is 1. The maximum Gasteiger partial charge on any atom is 0.416 e. The number of nitrogens with zero attached hydrogens (tertiary/aromatic N) is 4. The number of pyridine rings is 1. The Hall–Kier alpha value is -3.30. The van der Waals surface area contributed by atoms with E-state index >= 15 is 0 Å². The van der Waals surface area contributed by atoms with Crippen molar-refractivity contribution in [2.75, 3.05) is 26.3 Å². The first-order valence-electron chi connectivity index (χ1n) is 12.9. The minimum Gasteiger partial charge on any atom is -0.379 e. The summed E-state index contributed by atoms with van der Waals surface area (Å²) in [6.45, 7) is 7.38. The van der Waals surface area contributed by atoms with Crippen molar-refractivity contribution in [3.05, 3.63) is 82.4 Å². The van der Waals surface area contributed by atoms with E-state index in [2.05, 4.69) is 16.1 Å². The highest BCUT2D eigenvalue weighted by atomic mass is 19.4. The number of rotatable bonds is 6. The largest absolute Gasteiger partial charge is 0.416 e. The highest BCUT2D eigenvalue weighted by molar-refractivity contribution is 5.98. The van der Waals surface area contributed by atoms with Crippen LogP contribution in [-0.2, 0) is 17.3 Å². The van der Waals surface area contributed by atoms with Crippen LogP contribution in [0.25, 0.3) is 11.3 Å². The fourth-order valence-electron chi connectivity index (χ4n) is 5.39. The molecule has 0 radical (unpaired) electrons. The van der Waals surface area contributed by atoms with Crippen molar-refractivity contribution in [2.24, 2.45) is 0 Å². The second-order valence-electron chi connectivity index (χ2n) is 10.0. The van der Waals surface area contributed by atoms with E-state index in [1.165, 1.54) is 28.6 Å². The van der Waals surface area contributed by atoms with Crippen molar-refractivity contribution >= 4 is 11.4 Å². The van der Waals surface area contributed by atoms with E-state index < -0.39 is 11.7 Å². The third-order valence-electron chi connectivity index (χ3n) is 7.50. The normalized spacial score (nSPS) is 18.9. The lowest BCUT2D eigenvalue weighted by molar-refractivity contribution is -0.137. The average Bonchev–Trinajstić information content (AvgIpc) is 3.30. The molecular formula is C29H31F3N4O2. The summed E-state index contributed by atoms with van der Waals surface area (Å²) < 4.78 is 45.6. The van der Waals surface area contributed by atoms with Gasteiger partial charge in [0.25, 0.3) is 0 Å². The van der Waals surface area contributed by atoms with E-state index in [-0.39, 0.29) is 12.2 Å². The Morgan fingerprint density at radius 2 is 1.84 bits per heavy atom. The maximum absolute atomic E-state index is 13.1. The van der Waals surface area contributed by atoms with Crippen LogP contribution in [0.5, 0.6) is 0 Å². The van der Waals surface area contributed by atoms with Crippen LogP contribution in [-0.4, -0.2) is 57.8 Å². The molecule has 1 atom stereocenters. The summed E-state index contributed by atoms with van der Waals surface area (Å²) in [6.07, 6.45) is 4.42. The molecule has 9 heteroatoms. The number of morpholine rings is 1. The van der Waals surface area contributed by atoms with Gasteiger partial charge in [0.2, 0.25) is 0 Å². The summed E-state index contributed by atoms with van der Waals surface area (Å²) in [5.74, 6) is -0.111. The van der Waals surface area contributed by atoms with Crippen LogP contribution in [0.15, 0.2) is 48.8 Å². The summed E-state index contributed by atoms with van der Waals surface area (Å²) in [5, 5.41) is 4.25. The average molecular weight is 525 g/mol. The van der Waals surface area contributed by atoms with Crippen molar-refractivity contribution in [3.63, 3.8) is 0 Å². The molecule has 5 rings (SSSR count). The molecule has 1 aliphatic carbocycles. The van der Waals surface area contributed by atoms with Crippen molar-refractivity contribution in [2.45, 2.75) is 51.7 Å². The number of hydrogen-bond donors (Lipinski definition) is 0. The monoisotopic (exact) mass is 524 g/mol. The van der Waals surface area contributed by atoms with E-state index in [9.17, 15) is 18.0 Å². The first-order chi connectivity index (χ1) is 18.2. The molecule has 3 heterocycles. The molecule has 6 nitrogen and oxygen atoms in total. The van der Waals surface area contributed by atoms with Gasteiger partial charge in [-0.25, -0.2) is 4.68 Å². The molecule has 38 heavy (non-hydrogen) atoms. The second-order valence-corrected chi connectivity index (χ2v) is 10.0. The van der Waals surface area contributed by atoms with E-state index in [1.54, 1.807) is 13.1 Å². The van der Waals surface area contributed by atoms with Crippen LogP contribution in [0.1, 0.15) is 57.7 Å². The Kier molecular flexibility index (Phi) is 7.49. The van der Waals surface area contributed by atoms with Gasteiger partial charge in [-0.3, -0.25) is 14.7 Å². The first kappa shape index (κ1) is 26.3. The molecule has 3 aromatic rings. The molecule has 1 unspecified atom stereocenters. The summed E-state index contributed by atoms with van der Waals surface area (Å²) in [5.41, 5.74) is 4.88. The summed E-state index contributed by atoms with van der Waals surface area (Å²) in [4.78, 5) is 20.3. The molecule has 2 aromatic heterocycles. The highest BCUT2D eigenvalue weighted by Crippen LogP contribution is 2.31. The lowest BCUT2D eigenvalue weighted by atomic mass is 9.90. The number of benzene rings is 1. The molecule has 0 saturated carbocycles. The number of carbonyl (C=O) groups is 1. The molecule has 1 saturated heterocycles. The summed E-state index contributed by atoms with van der Waals surface area (Å²) >= 11 is 0. The molecule has 0 spiro atoms. The number of hydrogen-bond acceptors (Lipinski definition) is 5. The zero-order valence-electron chi connectivity index (χ0n) is 21.6. The number of aromatic nitrogens is 3. The topological polar surface area (TPSA) is 60.2 Å². The van der Waals surface area contributed by atoms with Gasteiger partial charge in [-0.1, -0.05) is 12.1 Å². The Bertz CT molecular complexity index is 1340. The Morgan fingerprint density at radius 1 is 1.11 bits per heavy atom. The number of alkyl halides is 3. The van der Waals surface area contributed by atoms with Gasteiger partial charge in [-0.2, -0.15) is 18.3 Å².